The number of nitrogens with zero attached hydrogens (tertiary/aromatic N) is 1. The van der Waals surface area contributed by atoms with Crippen molar-refractivity contribution >= 4 is 0 Å². The van der Waals surface area contributed by atoms with Crippen molar-refractivity contribution in [2.75, 3.05) is 13.1 Å². The smallest absolute Gasteiger partial charge is 0.0507 e. The van der Waals surface area contributed by atoms with Crippen LogP contribution in [0, 0.1) is 7.43 Å². The molecule has 0 bridgehead atoms. The second-order valence-corrected chi connectivity index (χ2v) is 1.90. The first-order valence-corrected chi connectivity index (χ1v) is 2.71. The van der Waals surface area contributed by atoms with Crippen LogP contribution in [0.4, 0.5) is 0 Å². The van der Waals surface area contributed by atoms with Gasteiger partial charge >= 0.3 is 0 Å². The first kappa shape index (κ1) is 12.7. The van der Waals surface area contributed by atoms with Gasteiger partial charge in [-0.05, 0) is 12.8 Å². The standard InChI is InChI=1S/C5H10NO.CH3.Y/c7-5-1-3-6-4-2-5;;/h5,7H,1-4H2;1H3;/q2*-1;. The van der Waals surface area contributed by atoms with Crippen LogP contribution in [0.25, 0.3) is 5.32 Å². The van der Waals surface area contributed by atoms with Crippen LogP contribution in [0.1, 0.15) is 12.8 Å². The van der Waals surface area contributed by atoms with Crippen LogP contribution in [0.15, 0.2) is 0 Å². The Kier molecular flexibility index (Phi) is 10.1. The molecule has 0 atom stereocenters. The third kappa shape index (κ3) is 5.47. The third-order valence-corrected chi connectivity index (χ3v) is 1.24. The van der Waals surface area contributed by atoms with Gasteiger partial charge in [-0.3, -0.25) is 0 Å². The maximum absolute atomic E-state index is 8.85. The van der Waals surface area contributed by atoms with E-state index in [4.69, 9.17) is 5.11 Å². The van der Waals surface area contributed by atoms with Crippen molar-refractivity contribution in [1.82, 2.24) is 0 Å². The monoisotopic (exact) mass is 204 g/mol. The van der Waals surface area contributed by atoms with Gasteiger partial charge in [0, 0.05) is 32.7 Å². The van der Waals surface area contributed by atoms with E-state index in [1.807, 2.05) is 0 Å². The molecule has 1 saturated heterocycles. The van der Waals surface area contributed by atoms with Crippen LogP contribution in [0.5, 0.6) is 0 Å². The molecule has 1 radical (unpaired) electrons. The van der Waals surface area contributed by atoms with Gasteiger partial charge in [0.05, 0.1) is 6.10 Å². The van der Waals surface area contributed by atoms with Crippen LogP contribution in [0.3, 0.4) is 0 Å². The number of aliphatic hydroxyl groups excluding tert-OH is 1. The summed E-state index contributed by atoms with van der Waals surface area (Å²) in [7, 11) is 0. The molecule has 1 N–H and O–H groups in total. The molecule has 0 spiro atoms. The third-order valence-electron chi connectivity index (χ3n) is 1.24. The van der Waals surface area contributed by atoms with Gasteiger partial charge in [0.1, 0.15) is 0 Å². The molecule has 0 aromatic carbocycles. The van der Waals surface area contributed by atoms with Gasteiger partial charge in [0.25, 0.3) is 0 Å². The molecule has 0 saturated carbocycles. The Morgan fingerprint density at radius 1 is 1.22 bits per heavy atom. The minimum atomic E-state index is -0.0579. The fourth-order valence-corrected chi connectivity index (χ4v) is 0.737. The second kappa shape index (κ2) is 7.13. The normalized spacial score (nSPS) is 19.7. The number of aliphatic hydroxyl groups is 1. The Morgan fingerprint density at radius 3 is 1.89 bits per heavy atom. The zero-order valence-electron chi connectivity index (χ0n) is 5.88. The second-order valence-electron chi connectivity index (χ2n) is 1.90. The molecule has 53 valence electrons. The van der Waals surface area contributed by atoms with Crippen molar-refractivity contribution < 1.29 is 37.8 Å². The van der Waals surface area contributed by atoms with Crippen LogP contribution in [-0.4, -0.2) is 24.3 Å². The summed E-state index contributed by atoms with van der Waals surface area (Å²) in [5.74, 6) is 0. The van der Waals surface area contributed by atoms with Crippen LogP contribution in [-0.2, 0) is 32.7 Å². The Bertz CT molecular complexity index is 55.0. The summed E-state index contributed by atoms with van der Waals surface area (Å²) in [6, 6.07) is 0. The summed E-state index contributed by atoms with van der Waals surface area (Å²) in [4.78, 5) is 0. The van der Waals surface area contributed by atoms with Gasteiger partial charge in [0.2, 0.25) is 0 Å². The molecule has 9 heavy (non-hydrogen) atoms. The van der Waals surface area contributed by atoms with Crippen molar-refractivity contribution in [2.24, 2.45) is 0 Å². The Balaban J connectivity index is 0. The molecule has 0 amide bonds. The summed E-state index contributed by atoms with van der Waals surface area (Å²) in [6.07, 6.45) is 1.69. The van der Waals surface area contributed by atoms with Gasteiger partial charge < -0.3 is 17.8 Å². The van der Waals surface area contributed by atoms with E-state index in [0.29, 0.717) is 0 Å². The molecule has 0 unspecified atom stereocenters. The number of hydrogen-bond donors (Lipinski definition) is 1. The zero-order chi connectivity index (χ0) is 5.11. The molecule has 1 aliphatic heterocycles. The minimum absolute atomic E-state index is 0. The molecule has 0 aromatic heterocycles. The van der Waals surface area contributed by atoms with E-state index in [1.165, 1.54) is 0 Å². The van der Waals surface area contributed by atoms with E-state index in [1.54, 1.807) is 0 Å². The summed E-state index contributed by atoms with van der Waals surface area (Å²) < 4.78 is 0. The fourth-order valence-electron chi connectivity index (χ4n) is 0.737. The van der Waals surface area contributed by atoms with Crippen LogP contribution < -0.4 is 0 Å². The number of piperidine rings is 1. The van der Waals surface area contributed by atoms with Crippen molar-refractivity contribution in [3.05, 3.63) is 12.7 Å². The average Bonchev–Trinajstić information content (AvgIpc) is 1.69. The molecule has 2 nitrogen and oxygen atoms in total. The van der Waals surface area contributed by atoms with E-state index < -0.39 is 0 Å². The van der Waals surface area contributed by atoms with E-state index >= 15 is 0 Å². The Morgan fingerprint density at radius 2 is 1.67 bits per heavy atom. The number of rotatable bonds is 0. The largest absolute Gasteiger partial charge is 0.662 e. The van der Waals surface area contributed by atoms with E-state index in [9.17, 15) is 0 Å². The van der Waals surface area contributed by atoms with E-state index in [0.717, 1.165) is 25.9 Å². The topological polar surface area (TPSA) is 34.3 Å². The summed E-state index contributed by atoms with van der Waals surface area (Å²) in [5, 5.41) is 12.9. The van der Waals surface area contributed by atoms with Crippen molar-refractivity contribution in [2.45, 2.75) is 18.9 Å². The van der Waals surface area contributed by atoms with Crippen molar-refractivity contribution in [3.63, 3.8) is 0 Å². The molecule has 0 aromatic rings. The minimum Gasteiger partial charge on any atom is -0.662 e. The zero-order valence-corrected chi connectivity index (χ0v) is 8.72. The van der Waals surface area contributed by atoms with Gasteiger partial charge in [-0.25, -0.2) is 0 Å². The van der Waals surface area contributed by atoms with E-state index in [2.05, 4.69) is 5.32 Å². The number of hydrogen-bond acceptors (Lipinski definition) is 1. The van der Waals surface area contributed by atoms with Gasteiger partial charge in [0.15, 0.2) is 0 Å². The van der Waals surface area contributed by atoms with Crippen LogP contribution >= 0.6 is 0 Å². The molecular weight excluding hydrogens is 191 g/mol. The molecule has 3 heteroatoms. The molecular formula is C6H13NOY-2. The van der Waals surface area contributed by atoms with Crippen molar-refractivity contribution in [3.8, 4) is 0 Å². The Labute approximate surface area is 82.3 Å². The summed E-state index contributed by atoms with van der Waals surface area (Å²) in [6.45, 7) is 1.72. The van der Waals surface area contributed by atoms with Crippen LogP contribution in [0.2, 0.25) is 0 Å². The van der Waals surface area contributed by atoms with Gasteiger partial charge in [-0.15, -0.1) is 13.1 Å². The molecule has 1 aliphatic rings. The maximum atomic E-state index is 8.85. The molecule has 0 aliphatic carbocycles. The Hall–Kier alpha value is 1.02. The van der Waals surface area contributed by atoms with Gasteiger partial charge in [-0.2, -0.15) is 0 Å². The summed E-state index contributed by atoms with van der Waals surface area (Å²) in [5.41, 5.74) is 0. The first-order chi connectivity index (χ1) is 3.39. The molecule has 1 heterocycles. The quantitative estimate of drug-likeness (QED) is 0.586. The predicted octanol–water partition coefficient (Wildman–Crippen LogP) is 0.963. The first-order valence-electron chi connectivity index (χ1n) is 2.71. The van der Waals surface area contributed by atoms with Crippen molar-refractivity contribution in [1.29, 1.82) is 0 Å². The predicted molar refractivity (Wildman–Crippen MR) is 34.7 cm³/mol. The molecule has 1 rings (SSSR count). The average molecular weight is 204 g/mol. The maximum Gasteiger partial charge on any atom is 0.0507 e. The SMILES string of the molecule is OC1CC[N-]CC1.[CH3-].[Y]. The van der Waals surface area contributed by atoms with E-state index in [-0.39, 0.29) is 46.2 Å². The summed E-state index contributed by atoms with van der Waals surface area (Å²) >= 11 is 0. The fraction of sp³-hybridized carbons (Fsp3) is 0.833. The molecule has 1 fully saturated rings. The van der Waals surface area contributed by atoms with Gasteiger partial charge in [-0.1, -0.05) is 0 Å².